The average molecular weight is 155 g/mol. The van der Waals surface area contributed by atoms with Crippen LogP contribution in [0.15, 0.2) is 0 Å². The van der Waals surface area contributed by atoms with E-state index in [2.05, 4.69) is 0 Å². The molecule has 0 spiro atoms. The molecule has 0 N–H and O–H groups in total. The Morgan fingerprint density at radius 1 is 0.857 bits per heavy atom. The van der Waals surface area contributed by atoms with Crippen LogP contribution in [0.25, 0.3) is 0 Å². The standard InChI is InChI=1S/Fe.Li.O4Si/c;;1-5(2,3)4/q+3;+1;-4. The molecule has 0 bridgehead atoms. The van der Waals surface area contributed by atoms with E-state index in [9.17, 15) is 0 Å². The first kappa shape index (κ1) is 15.7. The maximum absolute atomic E-state index is 8.58. The van der Waals surface area contributed by atoms with Crippen LogP contribution in [0.1, 0.15) is 0 Å². The molecule has 0 amide bonds. The van der Waals surface area contributed by atoms with Gasteiger partial charge in [-0.15, -0.1) is 0 Å². The van der Waals surface area contributed by atoms with Gasteiger partial charge in [-0.05, 0) is 0 Å². The molecule has 0 heterocycles. The van der Waals surface area contributed by atoms with Gasteiger partial charge in [-0.25, -0.2) is 0 Å². The van der Waals surface area contributed by atoms with E-state index in [4.69, 9.17) is 19.2 Å². The van der Waals surface area contributed by atoms with Crippen LogP contribution in [0.2, 0.25) is 0 Å². The Kier molecular flexibility index (Phi) is 11.9. The quantitative estimate of drug-likeness (QED) is 0.324. The first-order valence-electron chi connectivity index (χ1n) is 0.816. The fraction of sp³-hybridized carbons (Fsp3) is 0. The third-order valence-corrected chi connectivity index (χ3v) is 0. The van der Waals surface area contributed by atoms with Crippen molar-refractivity contribution in [1.82, 2.24) is 0 Å². The van der Waals surface area contributed by atoms with Gasteiger partial charge in [-0.3, -0.25) is 0 Å². The summed E-state index contributed by atoms with van der Waals surface area (Å²) in [5.74, 6) is 0. The van der Waals surface area contributed by atoms with Crippen LogP contribution in [-0.2, 0) is 17.1 Å². The third-order valence-electron chi connectivity index (χ3n) is 0. The second kappa shape index (κ2) is 5.31. The minimum Gasteiger partial charge on any atom is -0.894 e. The van der Waals surface area contributed by atoms with E-state index in [0.717, 1.165) is 0 Å². The van der Waals surface area contributed by atoms with Crippen molar-refractivity contribution in [3.63, 3.8) is 0 Å². The topological polar surface area (TPSA) is 92.2 Å². The van der Waals surface area contributed by atoms with E-state index >= 15 is 0 Å². The molecule has 0 rings (SSSR count). The van der Waals surface area contributed by atoms with Crippen molar-refractivity contribution in [2.24, 2.45) is 0 Å². The van der Waals surface area contributed by atoms with Crippen molar-refractivity contribution < 1.29 is 55.1 Å². The van der Waals surface area contributed by atoms with Gasteiger partial charge in [0.25, 0.3) is 0 Å². The molecule has 7 heteroatoms. The SMILES string of the molecule is [Fe+3].[Li+].[O-][Si]([O-])([O-])[O-]. The largest absolute Gasteiger partial charge is 3.00 e. The smallest absolute Gasteiger partial charge is 0.894 e. The van der Waals surface area contributed by atoms with Gasteiger partial charge in [-0.1, -0.05) is 0 Å². The molecule has 0 saturated carbocycles. The Bertz CT molecular complexity index is 27.2. The first-order valence-corrected chi connectivity index (χ1v) is 2.45. The molecule has 37 valence electrons. The molecule has 0 saturated heterocycles. The summed E-state index contributed by atoms with van der Waals surface area (Å²) < 4.78 is 0. The molecule has 4 nitrogen and oxygen atoms in total. The normalized spacial score (nSPS) is 8.57. The average Bonchev–Trinajstić information content (AvgIpc) is 0.722. The molecule has 1 radical (unpaired) electrons. The maximum atomic E-state index is 8.58. The monoisotopic (exact) mass is 155 g/mol. The fourth-order valence-electron chi connectivity index (χ4n) is 0. The zero-order valence-corrected chi connectivity index (χ0v) is 5.59. The summed E-state index contributed by atoms with van der Waals surface area (Å²) in [5, 5.41) is 0. The van der Waals surface area contributed by atoms with Crippen molar-refractivity contribution in [3.8, 4) is 0 Å². The molecule has 0 aliphatic carbocycles. The van der Waals surface area contributed by atoms with Gasteiger partial charge in [0.15, 0.2) is 0 Å². The summed E-state index contributed by atoms with van der Waals surface area (Å²) in [6.07, 6.45) is 0. The van der Waals surface area contributed by atoms with Gasteiger partial charge in [0.05, 0.1) is 0 Å². The molecule has 0 atom stereocenters. The molecular weight excluding hydrogens is 155 g/mol. The molecule has 0 fully saturated rings. The number of rotatable bonds is 0. The van der Waals surface area contributed by atoms with Gasteiger partial charge in [-0.2, -0.15) is 0 Å². The van der Waals surface area contributed by atoms with Crippen LogP contribution < -0.4 is 38.0 Å². The molecule has 0 aromatic carbocycles. The van der Waals surface area contributed by atoms with Gasteiger partial charge < -0.3 is 28.2 Å². The Hall–Kier alpha value is 1.17. The predicted molar refractivity (Wildman–Crippen MR) is 5.75 cm³/mol. The van der Waals surface area contributed by atoms with Crippen molar-refractivity contribution in [3.05, 3.63) is 0 Å². The summed E-state index contributed by atoms with van der Waals surface area (Å²) in [6.45, 7) is 0. The van der Waals surface area contributed by atoms with E-state index in [1.807, 2.05) is 0 Å². The molecular formula is FeLiO4Si. The Morgan fingerprint density at radius 2 is 0.857 bits per heavy atom. The maximum Gasteiger partial charge on any atom is 3.00 e. The van der Waals surface area contributed by atoms with Crippen molar-refractivity contribution in [2.45, 2.75) is 0 Å². The van der Waals surface area contributed by atoms with E-state index in [1.165, 1.54) is 0 Å². The van der Waals surface area contributed by atoms with E-state index in [0.29, 0.717) is 0 Å². The van der Waals surface area contributed by atoms with E-state index < -0.39 is 9.05 Å². The minimum absolute atomic E-state index is 0. The molecule has 7 heavy (non-hydrogen) atoms. The molecule has 0 aliphatic rings. The number of hydrogen-bond acceptors (Lipinski definition) is 4. The van der Waals surface area contributed by atoms with Crippen LogP contribution in [-0.4, -0.2) is 9.05 Å². The van der Waals surface area contributed by atoms with Crippen molar-refractivity contribution in [1.29, 1.82) is 0 Å². The molecule has 0 aromatic heterocycles. The zero-order valence-electron chi connectivity index (χ0n) is 3.49. The van der Waals surface area contributed by atoms with Crippen LogP contribution in [0.3, 0.4) is 0 Å². The Balaban J connectivity index is -0.0000000800. The van der Waals surface area contributed by atoms with Crippen molar-refractivity contribution >= 4 is 9.05 Å². The van der Waals surface area contributed by atoms with Crippen molar-refractivity contribution in [2.75, 3.05) is 0 Å². The third kappa shape index (κ3) is 139. The second-order valence-corrected chi connectivity index (χ2v) is 1.50. The summed E-state index contributed by atoms with van der Waals surface area (Å²) in [5.41, 5.74) is 0. The number of hydrogen-bond donors (Lipinski definition) is 0. The van der Waals surface area contributed by atoms with Crippen LogP contribution in [0.4, 0.5) is 0 Å². The summed E-state index contributed by atoms with van der Waals surface area (Å²) in [4.78, 5) is 34.3. The minimum atomic E-state index is -5.61. The summed E-state index contributed by atoms with van der Waals surface area (Å²) >= 11 is 0. The van der Waals surface area contributed by atoms with Gasteiger partial charge in [0, 0.05) is 0 Å². The Morgan fingerprint density at radius 3 is 0.857 bits per heavy atom. The van der Waals surface area contributed by atoms with Gasteiger partial charge in [0.2, 0.25) is 0 Å². The fourth-order valence-corrected chi connectivity index (χ4v) is 0. The molecule has 0 aliphatic heterocycles. The van der Waals surface area contributed by atoms with E-state index in [1.54, 1.807) is 0 Å². The molecule has 0 unspecified atom stereocenters. The predicted octanol–water partition coefficient (Wildman–Crippen LogP) is -8.14. The van der Waals surface area contributed by atoms with Gasteiger partial charge >= 0.3 is 35.9 Å². The van der Waals surface area contributed by atoms with Crippen LogP contribution in [0.5, 0.6) is 0 Å². The summed E-state index contributed by atoms with van der Waals surface area (Å²) in [6, 6.07) is 0. The Labute approximate surface area is 64.3 Å². The zero-order chi connectivity index (χ0) is 4.50. The van der Waals surface area contributed by atoms with E-state index in [-0.39, 0.29) is 35.9 Å². The van der Waals surface area contributed by atoms with Gasteiger partial charge in [0.1, 0.15) is 0 Å². The second-order valence-electron chi connectivity index (χ2n) is 0.500. The van der Waals surface area contributed by atoms with Crippen LogP contribution >= 0.6 is 0 Å². The molecule has 0 aromatic rings. The summed E-state index contributed by atoms with van der Waals surface area (Å²) in [7, 11) is -5.61. The first-order chi connectivity index (χ1) is 2.00. The van der Waals surface area contributed by atoms with Crippen LogP contribution in [0, 0.1) is 0 Å².